The van der Waals surface area contributed by atoms with Crippen molar-refractivity contribution in [3.8, 4) is 22.8 Å². The molecular formula is C13H11NO3. The van der Waals surface area contributed by atoms with Gasteiger partial charge in [0.2, 0.25) is 11.3 Å². The SMILES string of the molecule is COc1ncccc1-c1cccc(=O)c(O)c1. The Labute approximate surface area is 98.2 Å². The zero-order valence-corrected chi connectivity index (χ0v) is 9.25. The van der Waals surface area contributed by atoms with Crippen molar-refractivity contribution in [1.82, 2.24) is 4.98 Å². The van der Waals surface area contributed by atoms with Gasteiger partial charge in [-0.1, -0.05) is 12.1 Å². The van der Waals surface area contributed by atoms with Crippen LogP contribution in [-0.4, -0.2) is 17.2 Å². The van der Waals surface area contributed by atoms with E-state index in [2.05, 4.69) is 4.98 Å². The molecule has 0 atom stereocenters. The minimum absolute atomic E-state index is 0.295. The lowest BCUT2D eigenvalue weighted by atomic mass is 10.1. The van der Waals surface area contributed by atoms with Crippen molar-refractivity contribution in [1.29, 1.82) is 0 Å². The van der Waals surface area contributed by atoms with Crippen LogP contribution in [0.3, 0.4) is 0 Å². The monoisotopic (exact) mass is 229 g/mol. The van der Waals surface area contributed by atoms with Crippen LogP contribution in [0.1, 0.15) is 0 Å². The predicted molar refractivity (Wildman–Crippen MR) is 64.2 cm³/mol. The largest absolute Gasteiger partial charge is 0.504 e. The summed E-state index contributed by atoms with van der Waals surface area (Å²) in [5, 5.41) is 9.51. The highest BCUT2D eigenvalue weighted by molar-refractivity contribution is 5.69. The van der Waals surface area contributed by atoms with Crippen LogP contribution in [0.5, 0.6) is 11.6 Å². The summed E-state index contributed by atoms with van der Waals surface area (Å²) in [6, 6.07) is 9.60. The molecule has 0 aliphatic heterocycles. The highest BCUT2D eigenvalue weighted by atomic mass is 16.5. The Morgan fingerprint density at radius 1 is 1.24 bits per heavy atom. The Morgan fingerprint density at radius 2 is 2.06 bits per heavy atom. The fourth-order valence-electron chi connectivity index (χ4n) is 1.53. The van der Waals surface area contributed by atoms with Gasteiger partial charge < -0.3 is 9.84 Å². The minimum atomic E-state index is -0.417. The molecule has 4 heteroatoms. The number of hydrogen-bond acceptors (Lipinski definition) is 4. The maximum absolute atomic E-state index is 11.3. The summed E-state index contributed by atoms with van der Waals surface area (Å²) in [5.41, 5.74) is 0.981. The standard InChI is InChI=1S/C13H11NO3/c1-17-13-10(5-3-7-14-13)9-4-2-6-11(15)12(16)8-9/h2-8H,1H3,(H,15,16). The third-order valence-corrected chi connectivity index (χ3v) is 2.34. The van der Waals surface area contributed by atoms with E-state index < -0.39 is 5.43 Å². The van der Waals surface area contributed by atoms with Crippen molar-refractivity contribution < 1.29 is 9.84 Å². The lowest BCUT2D eigenvalue weighted by Gasteiger charge is -2.05. The van der Waals surface area contributed by atoms with Crippen molar-refractivity contribution in [2.24, 2.45) is 0 Å². The third-order valence-electron chi connectivity index (χ3n) is 2.34. The van der Waals surface area contributed by atoms with Crippen LogP contribution >= 0.6 is 0 Å². The van der Waals surface area contributed by atoms with E-state index in [9.17, 15) is 9.90 Å². The Kier molecular flexibility index (Phi) is 3.05. The number of methoxy groups -OCH3 is 1. The van der Waals surface area contributed by atoms with Gasteiger partial charge in [0.25, 0.3) is 0 Å². The Hall–Kier alpha value is -2.36. The smallest absolute Gasteiger partial charge is 0.221 e. The quantitative estimate of drug-likeness (QED) is 0.853. The van der Waals surface area contributed by atoms with Crippen molar-refractivity contribution in [2.45, 2.75) is 0 Å². The normalized spacial score (nSPS) is 9.94. The summed E-state index contributed by atoms with van der Waals surface area (Å²) in [5.74, 6) is 0.154. The van der Waals surface area contributed by atoms with Gasteiger partial charge in [-0.25, -0.2) is 4.98 Å². The third kappa shape index (κ3) is 2.25. The maximum atomic E-state index is 11.3. The average molecular weight is 229 g/mol. The van der Waals surface area contributed by atoms with Crippen molar-refractivity contribution in [2.75, 3.05) is 7.11 Å². The Bertz CT molecular complexity index is 596. The van der Waals surface area contributed by atoms with E-state index in [0.29, 0.717) is 11.4 Å². The number of aromatic hydroxyl groups is 1. The summed E-state index contributed by atoms with van der Waals surface area (Å²) in [6.45, 7) is 0. The molecule has 0 radical (unpaired) electrons. The number of nitrogens with zero attached hydrogens (tertiary/aromatic N) is 1. The second-order valence-electron chi connectivity index (χ2n) is 3.44. The fraction of sp³-hybridized carbons (Fsp3) is 0.0769. The fourth-order valence-corrected chi connectivity index (χ4v) is 1.53. The number of aromatic nitrogens is 1. The van der Waals surface area contributed by atoms with E-state index in [0.717, 1.165) is 5.56 Å². The molecule has 1 aromatic carbocycles. The molecule has 0 aliphatic carbocycles. The molecule has 1 heterocycles. The lowest BCUT2D eigenvalue weighted by Crippen LogP contribution is -1.92. The molecule has 17 heavy (non-hydrogen) atoms. The Balaban J connectivity index is 2.65. The van der Waals surface area contributed by atoms with Gasteiger partial charge in [-0.2, -0.15) is 0 Å². The molecule has 0 fully saturated rings. The first kappa shape index (κ1) is 11.1. The Morgan fingerprint density at radius 3 is 2.82 bits per heavy atom. The molecule has 0 spiro atoms. The van der Waals surface area contributed by atoms with Crippen molar-refractivity contribution in [3.63, 3.8) is 0 Å². The van der Waals surface area contributed by atoms with Gasteiger partial charge in [-0.05, 0) is 29.8 Å². The second kappa shape index (κ2) is 4.65. The van der Waals surface area contributed by atoms with Crippen LogP contribution in [-0.2, 0) is 0 Å². The molecule has 0 unspecified atom stereocenters. The summed E-state index contributed by atoms with van der Waals surface area (Å²) in [4.78, 5) is 15.3. The maximum Gasteiger partial charge on any atom is 0.221 e. The predicted octanol–water partition coefficient (Wildman–Crippen LogP) is 1.82. The number of ether oxygens (including phenoxy) is 1. The van der Waals surface area contributed by atoms with Crippen molar-refractivity contribution >= 4 is 0 Å². The van der Waals surface area contributed by atoms with Crippen LogP contribution in [0, 0.1) is 0 Å². The van der Waals surface area contributed by atoms with Gasteiger partial charge in [-0.15, -0.1) is 0 Å². The summed E-state index contributed by atoms with van der Waals surface area (Å²) < 4.78 is 5.13. The van der Waals surface area contributed by atoms with Gasteiger partial charge in [0, 0.05) is 11.8 Å². The molecule has 0 saturated carbocycles. The summed E-state index contributed by atoms with van der Waals surface area (Å²) >= 11 is 0. The molecule has 4 nitrogen and oxygen atoms in total. The first-order valence-electron chi connectivity index (χ1n) is 5.05. The summed E-state index contributed by atoms with van der Waals surface area (Å²) in [6.07, 6.45) is 1.62. The highest BCUT2D eigenvalue weighted by Gasteiger charge is 2.06. The van der Waals surface area contributed by atoms with E-state index in [-0.39, 0.29) is 5.75 Å². The van der Waals surface area contributed by atoms with Gasteiger partial charge >= 0.3 is 0 Å². The number of hydrogen-bond donors (Lipinski definition) is 1. The molecule has 1 aromatic heterocycles. The van der Waals surface area contributed by atoms with E-state index in [1.807, 2.05) is 6.07 Å². The highest BCUT2D eigenvalue weighted by Crippen LogP contribution is 2.27. The average Bonchev–Trinajstić information content (AvgIpc) is 2.52. The molecule has 0 bridgehead atoms. The topological polar surface area (TPSA) is 59.4 Å². The van der Waals surface area contributed by atoms with E-state index in [1.54, 1.807) is 24.4 Å². The molecule has 0 amide bonds. The van der Waals surface area contributed by atoms with E-state index in [1.165, 1.54) is 19.2 Å². The number of rotatable bonds is 2. The zero-order chi connectivity index (χ0) is 12.3. The van der Waals surface area contributed by atoms with Crippen molar-refractivity contribution in [3.05, 3.63) is 52.8 Å². The van der Waals surface area contributed by atoms with E-state index in [4.69, 9.17) is 4.74 Å². The van der Waals surface area contributed by atoms with Crippen LogP contribution in [0.2, 0.25) is 0 Å². The van der Waals surface area contributed by atoms with Gasteiger partial charge in [-0.3, -0.25) is 4.79 Å². The van der Waals surface area contributed by atoms with Crippen LogP contribution in [0.4, 0.5) is 0 Å². The van der Waals surface area contributed by atoms with Gasteiger partial charge in [0.05, 0.1) is 7.11 Å². The molecule has 2 rings (SSSR count). The zero-order valence-electron chi connectivity index (χ0n) is 9.25. The van der Waals surface area contributed by atoms with E-state index >= 15 is 0 Å². The van der Waals surface area contributed by atoms with Crippen LogP contribution in [0.25, 0.3) is 11.1 Å². The molecule has 86 valence electrons. The van der Waals surface area contributed by atoms with Gasteiger partial charge in [0.1, 0.15) is 0 Å². The molecule has 0 saturated heterocycles. The van der Waals surface area contributed by atoms with Crippen LogP contribution in [0.15, 0.2) is 47.4 Å². The molecule has 0 aliphatic rings. The molecule has 2 aromatic rings. The first-order chi connectivity index (χ1) is 8.22. The lowest BCUT2D eigenvalue weighted by molar-refractivity contribution is 0.399. The van der Waals surface area contributed by atoms with Gasteiger partial charge in [0.15, 0.2) is 5.75 Å². The molecule has 1 N–H and O–H groups in total. The summed E-state index contributed by atoms with van der Waals surface area (Å²) in [7, 11) is 1.52. The van der Waals surface area contributed by atoms with Crippen LogP contribution < -0.4 is 10.2 Å². The minimum Gasteiger partial charge on any atom is -0.504 e. The number of pyridine rings is 1. The second-order valence-corrected chi connectivity index (χ2v) is 3.44. The first-order valence-corrected chi connectivity index (χ1v) is 5.05. The molecular weight excluding hydrogens is 218 g/mol.